The van der Waals surface area contributed by atoms with Crippen molar-refractivity contribution in [2.24, 2.45) is 0 Å². The van der Waals surface area contributed by atoms with Crippen molar-refractivity contribution in [3.8, 4) is 0 Å². The number of rotatable bonds is 3. The van der Waals surface area contributed by atoms with Crippen LogP contribution in [0.1, 0.15) is 11.4 Å². The average Bonchev–Trinajstić information content (AvgIpc) is 2.69. The first kappa shape index (κ1) is 8.81. The molecule has 1 aromatic heterocycles. The van der Waals surface area contributed by atoms with Gasteiger partial charge in [0.15, 0.2) is 0 Å². The summed E-state index contributed by atoms with van der Waals surface area (Å²) in [6.07, 6.45) is 5.44. The Balaban J connectivity index is 2.02. The third-order valence-electron chi connectivity index (χ3n) is 2.24. The summed E-state index contributed by atoms with van der Waals surface area (Å²) in [5.74, 6) is 1.01. The van der Waals surface area contributed by atoms with Crippen LogP contribution in [0.5, 0.6) is 0 Å². The van der Waals surface area contributed by atoms with Crippen molar-refractivity contribution >= 4 is 5.69 Å². The fourth-order valence-electron chi connectivity index (χ4n) is 1.45. The summed E-state index contributed by atoms with van der Waals surface area (Å²) < 4.78 is 0. The highest BCUT2D eigenvalue weighted by Gasteiger charge is 1.99. The van der Waals surface area contributed by atoms with Crippen LogP contribution >= 0.6 is 0 Å². The molecule has 0 radical (unpaired) electrons. The van der Waals surface area contributed by atoms with E-state index in [1.54, 1.807) is 6.20 Å². The van der Waals surface area contributed by atoms with Gasteiger partial charge in [0.25, 0.3) is 0 Å². The Morgan fingerprint density at radius 3 is 2.79 bits per heavy atom. The maximum absolute atomic E-state index is 5.83. The van der Waals surface area contributed by atoms with Crippen LogP contribution in [-0.4, -0.2) is 9.97 Å². The van der Waals surface area contributed by atoms with Gasteiger partial charge in [-0.05, 0) is 18.1 Å². The highest BCUT2D eigenvalue weighted by molar-refractivity contribution is 5.46. The van der Waals surface area contributed by atoms with Crippen LogP contribution in [0, 0.1) is 0 Å². The summed E-state index contributed by atoms with van der Waals surface area (Å²) >= 11 is 0. The number of hydrogen-bond acceptors (Lipinski definition) is 2. The minimum atomic E-state index is 0.860. The molecule has 1 aromatic carbocycles. The molecule has 0 saturated carbocycles. The van der Waals surface area contributed by atoms with E-state index in [2.05, 4.69) is 16.0 Å². The molecule has 0 atom stereocenters. The first-order chi connectivity index (χ1) is 6.86. The zero-order valence-corrected chi connectivity index (χ0v) is 7.90. The normalized spacial score (nSPS) is 10.3. The molecule has 0 aliphatic heterocycles. The Morgan fingerprint density at radius 1 is 1.21 bits per heavy atom. The molecule has 1 heterocycles. The molecule has 0 fully saturated rings. The van der Waals surface area contributed by atoms with Crippen molar-refractivity contribution in [1.82, 2.24) is 9.97 Å². The van der Waals surface area contributed by atoms with Crippen molar-refractivity contribution < 1.29 is 0 Å². The van der Waals surface area contributed by atoms with Crippen molar-refractivity contribution in [2.45, 2.75) is 12.8 Å². The van der Waals surface area contributed by atoms with E-state index in [1.807, 2.05) is 24.4 Å². The fourth-order valence-corrected chi connectivity index (χ4v) is 1.45. The first-order valence-electron chi connectivity index (χ1n) is 4.68. The van der Waals surface area contributed by atoms with Crippen LogP contribution in [0.2, 0.25) is 0 Å². The van der Waals surface area contributed by atoms with Crippen LogP contribution in [0.3, 0.4) is 0 Å². The van der Waals surface area contributed by atoms with E-state index in [1.165, 1.54) is 5.56 Å². The summed E-state index contributed by atoms with van der Waals surface area (Å²) in [4.78, 5) is 7.24. The molecule has 0 saturated heterocycles. The standard InChI is InChI=1S/C11H13N3/c12-10-4-2-1-3-9(10)5-6-11-13-7-8-14-11/h1-4,7-8H,5-6,12H2,(H,13,14). The second-order valence-corrected chi connectivity index (χ2v) is 3.23. The molecule has 3 nitrogen and oxygen atoms in total. The molecule has 3 N–H and O–H groups in total. The Labute approximate surface area is 83.0 Å². The summed E-state index contributed by atoms with van der Waals surface area (Å²) in [5.41, 5.74) is 7.87. The van der Waals surface area contributed by atoms with Crippen LogP contribution in [0.15, 0.2) is 36.7 Å². The van der Waals surface area contributed by atoms with E-state index in [9.17, 15) is 0 Å². The first-order valence-corrected chi connectivity index (χ1v) is 4.68. The number of anilines is 1. The van der Waals surface area contributed by atoms with Gasteiger partial charge in [-0.2, -0.15) is 0 Å². The maximum atomic E-state index is 5.83. The fraction of sp³-hybridized carbons (Fsp3) is 0.182. The van der Waals surface area contributed by atoms with Gasteiger partial charge in [0.2, 0.25) is 0 Å². The summed E-state index contributed by atoms with van der Waals surface area (Å²) in [7, 11) is 0. The van der Waals surface area contributed by atoms with Gasteiger partial charge in [0.1, 0.15) is 5.82 Å². The molecule has 0 aliphatic rings. The van der Waals surface area contributed by atoms with Crippen LogP contribution in [0.4, 0.5) is 5.69 Å². The second kappa shape index (κ2) is 3.96. The van der Waals surface area contributed by atoms with Gasteiger partial charge in [-0.15, -0.1) is 0 Å². The van der Waals surface area contributed by atoms with E-state index in [-0.39, 0.29) is 0 Å². The molecule has 0 spiro atoms. The van der Waals surface area contributed by atoms with E-state index in [0.29, 0.717) is 0 Å². The summed E-state index contributed by atoms with van der Waals surface area (Å²) in [5, 5.41) is 0. The molecular formula is C11H13N3. The van der Waals surface area contributed by atoms with Crippen LogP contribution in [-0.2, 0) is 12.8 Å². The molecule has 2 rings (SSSR count). The third kappa shape index (κ3) is 1.93. The van der Waals surface area contributed by atoms with Crippen molar-refractivity contribution in [3.05, 3.63) is 48.0 Å². The highest BCUT2D eigenvalue weighted by atomic mass is 14.9. The number of H-pyrrole nitrogens is 1. The number of benzene rings is 1. The Bertz CT molecular complexity index is 393. The molecule has 72 valence electrons. The molecular weight excluding hydrogens is 174 g/mol. The number of aromatic nitrogens is 2. The maximum Gasteiger partial charge on any atom is 0.106 e. The lowest BCUT2D eigenvalue weighted by Gasteiger charge is -2.02. The number of hydrogen-bond donors (Lipinski definition) is 2. The van der Waals surface area contributed by atoms with Crippen LogP contribution in [0.25, 0.3) is 0 Å². The third-order valence-corrected chi connectivity index (χ3v) is 2.24. The molecule has 0 aliphatic carbocycles. The zero-order valence-electron chi connectivity index (χ0n) is 7.90. The summed E-state index contributed by atoms with van der Waals surface area (Å²) in [6.45, 7) is 0. The molecule has 2 aromatic rings. The zero-order chi connectivity index (χ0) is 9.80. The minimum absolute atomic E-state index is 0.860. The number of nitrogens with one attached hydrogen (secondary N) is 1. The Morgan fingerprint density at radius 2 is 2.07 bits per heavy atom. The van der Waals surface area contributed by atoms with Gasteiger partial charge in [0, 0.05) is 24.5 Å². The van der Waals surface area contributed by atoms with Crippen molar-refractivity contribution in [2.75, 3.05) is 5.73 Å². The number of nitrogen functional groups attached to an aromatic ring is 1. The van der Waals surface area contributed by atoms with E-state index in [0.717, 1.165) is 24.4 Å². The Hall–Kier alpha value is -1.77. The number of nitrogens with zero attached hydrogens (tertiary/aromatic N) is 1. The number of imidazole rings is 1. The molecule has 3 heteroatoms. The average molecular weight is 187 g/mol. The monoisotopic (exact) mass is 187 g/mol. The predicted molar refractivity (Wildman–Crippen MR) is 56.9 cm³/mol. The molecule has 0 unspecified atom stereocenters. The number of aryl methyl sites for hydroxylation is 2. The quantitative estimate of drug-likeness (QED) is 0.719. The number of para-hydroxylation sites is 1. The predicted octanol–water partition coefficient (Wildman–Crippen LogP) is 1.78. The lowest BCUT2D eigenvalue weighted by Crippen LogP contribution is -1.97. The number of aromatic amines is 1. The van der Waals surface area contributed by atoms with Crippen LogP contribution < -0.4 is 5.73 Å². The van der Waals surface area contributed by atoms with Crippen molar-refractivity contribution in [3.63, 3.8) is 0 Å². The van der Waals surface area contributed by atoms with Gasteiger partial charge in [-0.1, -0.05) is 18.2 Å². The molecule has 14 heavy (non-hydrogen) atoms. The summed E-state index contributed by atoms with van der Waals surface area (Å²) in [6, 6.07) is 7.94. The van der Waals surface area contributed by atoms with Crippen molar-refractivity contribution in [1.29, 1.82) is 0 Å². The van der Waals surface area contributed by atoms with Gasteiger partial charge in [0.05, 0.1) is 0 Å². The Kier molecular flexibility index (Phi) is 2.49. The molecule has 0 amide bonds. The van der Waals surface area contributed by atoms with Gasteiger partial charge < -0.3 is 10.7 Å². The molecule has 0 bridgehead atoms. The van der Waals surface area contributed by atoms with Gasteiger partial charge in [-0.3, -0.25) is 0 Å². The number of nitrogens with two attached hydrogens (primary N) is 1. The highest BCUT2D eigenvalue weighted by Crippen LogP contribution is 2.12. The SMILES string of the molecule is Nc1ccccc1CCc1ncc[nH]1. The van der Waals surface area contributed by atoms with Gasteiger partial charge >= 0.3 is 0 Å². The smallest absolute Gasteiger partial charge is 0.106 e. The van der Waals surface area contributed by atoms with Gasteiger partial charge in [-0.25, -0.2) is 4.98 Å². The van der Waals surface area contributed by atoms with E-state index >= 15 is 0 Å². The topological polar surface area (TPSA) is 54.7 Å². The lowest BCUT2D eigenvalue weighted by molar-refractivity contribution is 0.886. The second-order valence-electron chi connectivity index (χ2n) is 3.23. The lowest BCUT2D eigenvalue weighted by atomic mass is 10.1. The van der Waals surface area contributed by atoms with E-state index in [4.69, 9.17) is 5.73 Å². The minimum Gasteiger partial charge on any atom is -0.399 e. The van der Waals surface area contributed by atoms with E-state index < -0.39 is 0 Å². The largest absolute Gasteiger partial charge is 0.399 e.